The lowest BCUT2D eigenvalue weighted by atomic mass is 10.1. The van der Waals surface area contributed by atoms with E-state index in [1.54, 1.807) is 6.92 Å². The van der Waals surface area contributed by atoms with E-state index in [9.17, 15) is 4.79 Å². The Balaban J connectivity index is 3.26. The van der Waals surface area contributed by atoms with E-state index in [0.717, 1.165) is 30.7 Å². The molecular weight excluding hydrogens is 226 g/mol. The zero-order valence-electron chi connectivity index (χ0n) is 11.4. The SMILES string of the molecule is CCCCC(C)=Nn1c(C)cc(C)c(C#N)c1=O. The van der Waals surface area contributed by atoms with E-state index < -0.39 is 0 Å². The summed E-state index contributed by atoms with van der Waals surface area (Å²) in [6.07, 6.45) is 3.02. The molecule has 1 aromatic heterocycles. The molecule has 4 nitrogen and oxygen atoms in total. The quantitative estimate of drug-likeness (QED) is 0.766. The second-order valence-electron chi connectivity index (χ2n) is 4.51. The van der Waals surface area contributed by atoms with Crippen molar-refractivity contribution in [1.82, 2.24) is 4.68 Å². The Hall–Kier alpha value is -1.89. The first-order valence-electron chi connectivity index (χ1n) is 6.19. The van der Waals surface area contributed by atoms with Crippen molar-refractivity contribution in [3.63, 3.8) is 0 Å². The van der Waals surface area contributed by atoms with Crippen LogP contribution < -0.4 is 5.56 Å². The molecule has 0 atom stereocenters. The summed E-state index contributed by atoms with van der Waals surface area (Å²) < 4.78 is 1.33. The molecule has 0 N–H and O–H groups in total. The van der Waals surface area contributed by atoms with Crippen molar-refractivity contribution in [1.29, 1.82) is 5.26 Å². The first-order chi connectivity index (χ1) is 8.51. The van der Waals surface area contributed by atoms with Crippen LogP contribution in [0.5, 0.6) is 0 Å². The Morgan fingerprint density at radius 3 is 2.72 bits per heavy atom. The molecule has 0 aliphatic carbocycles. The topological polar surface area (TPSA) is 58.1 Å². The van der Waals surface area contributed by atoms with Crippen molar-refractivity contribution in [2.45, 2.75) is 47.0 Å². The number of rotatable bonds is 4. The third kappa shape index (κ3) is 3.07. The van der Waals surface area contributed by atoms with E-state index >= 15 is 0 Å². The second-order valence-corrected chi connectivity index (χ2v) is 4.51. The molecule has 0 fully saturated rings. The van der Waals surface area contributed by atoms with Gasteiger partial charge in [-0.2, -0.15) is 10.4 Å². The monoisotopic (exact) mass is 245 g/mol. The highest BCUT2D eigenvalue weighted by molar-refractivity contribution is 5.81. The normalized spacial score (nSPS) is 11.4. The van der Waals surface area contributed by atoms with E-state index in [1.165, 1.54) is 4.68 Å². The molecule has 0 unspecified atom stereocenters. The third-order valence-electron chi connectivity index (χ3n) is 2.83. The van der Waals surface area contributed by atoms with Crippen molar-refractivity contribution >= 4 is 5.71 Å². The van der Waals surface area contributed by atoms with Gasteiger partial charge < -0.3 is 0 Å². The van der Waals surface area contributed by atoms with Crippen LogP contribution in [-0.2, 0) is 0 Å². The number of aromatic nitrogens is 1. The maximum atomic E-state index is 12.1. The van der Waals surface area contributed by atoms with Gasteiger partial charge in [0.1, 0.15) is 11.6 Å². The van der Waals surface area contributed by atoms with Crippen molar-refractivity contribution in [2.24, 2.45) is 5.10 Å². The minimum absolute atomic E-state index is 0.174. The smallest absolute Gasteiger partial charge is 0.266 e. The van der Waals surface area contributed by atoms with Crippen LogP contribution in [0, 0.1) is 25.2 Å². The largest absolute Gasteiger partial charge is 0.289 e. The summed E-state index contributed by atoms with van der Waals surface area (Å²) >= 11 is 0. The van der Waals surface area contributed by atoms with E-state index in [0.29, 0.717) is 5.56 Å². The summed E-state index contributed by atoms with van der Waals surface area (Å²) in [5, 5.41) is 13.3. The van der Waals surface area contributed by atoms with E-state index in [4.69, 9.17) is 5.26 Å². The maximum absolute atomic E-state index is 12.1. The summed E-state index contributed by atoms with van der Waals surface area (Å²) in [5.74, 6) is 0. The molecule has 0 amide bonds. The van der Waals surface area contributed by atoms with Crippen LogP contribution >= 0.6 is 0 Å². The number of nitrogens with zero attached hydrogens (tertiary/aromatic N) is 3. The van der Waals surface area contributed by atoms with Gasteiger partial charge in [0.05, 0.1) is 0 Å². The van der Waals surface area contributed by atoms with Gasteiger partial charge in [0.2, 0.25) is 0 Å². The van der Waals surface area contributed by atoms with Crippen molar-refractivity contribution in [2.75, 3.05) is 0 Å². The standard InChI is InChI=1S/C14H19N3O/c1-5-6-7-11(3)16-17-12(4)8-10(2)13(9-15)14(17)18/h8H,5-7H2,1-4H3. The molecule has 0 spiro atoms. The van der Waals surface area contributed by atoms with Crippen LogP contribution in [0.4, 0.5) is 0 Å². The zero-order valence-corrected chi connectivity index (χ0v) is 11.4. The molecule has 0 saturated carbocycles. The maximum Gasteiger partial charge on any atom is 0.289 e. The molecule has 0 bridgehead atoms. The van der Waals surface area contributed by atoms with Crippen LogP contribution in [0.3, 0.4) is 0 Å². The molecule has 1 aromatic rings. The van der Waals surface area contributed by atoms with Crippen LogP contribution in [0.1, 0.15) is 49.9 Å². The van der Waals surface area contributed by atoms with Crippen molar-refractivity contribution in [3.05, 3.63) is 33.2 Å². The van der Waals surface area contributed by atoms with Gasteiger partial charge in [-0.05, 0) is 45.2 Å². The number of pyridine rings is 1. The average molecular weight is 245 g/mol. The number of aryl methyl sites for hydroxylation is 2. The van der Waals surface area contributed by atoms with Crippen molar-refractivity contribution < 1.29 is 0 Å². The van der Waals surface area contributed by atoms with E-state index in [2.05, 4.69) is 12.0 Å². The average Bonchev–Trinajstić information content (AvgIpc) is 2.32. The van der Waals surface area contributed by atoms with Crippen LogP contribution in [-0.4, -0.2) is 10.4 Å². The first kappa shape index (κ1) is 14.2. The van der Waals surface area contributed by atoms with Gasteiger partial charge in [-0.25, -0.2) is 4.68 Å². The van der Waals surface area contributed by atoms with Gasteiger partial charge in [0, 0.05) is 11.4 Å². The highest BCUT2D eigenvalue weighted by atomic mass is 16.1. The molecule has 1 rings (SSSR count). The van der Waals surface area contributed by atoms with Crippen LogP contribution in [0.15, 0.2) is 16.0 Å². The predicted octanol–water partition coefficient (Wildman–Crippen LogP) is 2.75. The van der Waals surface area contributed by atoms with Gasteiger partial charge in [-0.1, -0.05) is 13.3 Å². The third-order valence-corrected chi connectivity index (χ3v) is 2.83. The molecule has 18 heavy (non-hydrogen) atoms. The minimum Gasteiger partial charge on any atom is -0.266 e. The summed E-state index contributed by atoms with van der Waals surface area (Å²) in [6.45, 7) is 7.62. The van der Waals surface area contributed by atoms with Gasteiger partial charge in [-0.3, -0.25) is 4.79 Å². The van der Waals surface area contributed by atoms with Gasteiger partial charge in [-0.15, -0.1) is 0 Å². The number of nitriles is 1. The summed E-state index contributed by atoms with van der Waals surface area (Å²) in [4.78, 5) is 12.1. The Kier molecular flexibility index (Phi) is 4.85. The Morgan fingerprint density at radius 2 is 2.17 bits per heavy atom. The second kappa shape index (κ2) is 6.15. The summed E-state index contributed by atoms with van der Waals surface area (Å²) in [7, 11) is 0. The van der Waals surface area contributed by atoms with Gasteiger partial charge >= 0.3 is 0 Å². The summed E-state index contributed by atoms with van der Waals surface area (Å²) in [5.41, 5.74) is 2.22. The van der Waals surface area contributed by atoms with Gasteiger partial charge in [0.25, 0.3) is 5.56 Å². The van der Waals surface area contributed by atoms with E-state index in [1.807, 2.05) is 26.0 Å². The number of hydrogen-bond acceptors (Lipinski definition) is 3. The lowest BCUT2D eigenvalue weighted by molar-refractivity contribution is 0.762. The number of unbranched alkanes of at least 4 members (excludes halogenated alkanes) is 1. The fraction of sp³-hybridized carbons (Fsp3) is 0.500. The zero-order chi connectivity index (χ0) is 13.7. The Morgan fingerprint density at radius 1 is 1.50 bits per heavy atom. The lowest BCUT2D eigenvalue weighted by Gasteiger charge is -2.08. The van der Waals surface area contributed by atoms with Crippen LogP contribution in [0.25, 0.3) is 0 Å². The molecule has 0 aliphatic heterocycles. The molecule has 96 valence electrons. The van der Waals surface area contributed by atoms with Crippen molar-refractivity contribution in [3.8, 4) is 6.07 Å². The highest BCUT2D eigenvalue weighted by Crippen LogP contribution is 2.06. The fourth-order valence-electron chi connectivity index (χ4n) is 1.79. The fourth-order valence-corrected chi connectivity index (χ4v) is 1.79. The lowest BCUT2D eigenvalue weighted by Crippen LogP contribution is -2.23. The predicted molar refractivity (Wildman–Crippen MR) is 72.9 cm³/mol. The highest BCUT2D eigenvalue weighted by Gasteiger charge is 2.09. The molecular formula is C14H19N3O. The molecule has 1 heterocycles. The molecule has 0 saturated heterocycles. The Bertz CT molecular complexity index is 562. The first-order valence-corrected chi connectivity index (χ1v) is 6.19. The minimum atomic E-state index is -0.328. The number of hydrogen-bond donors (Lipinski definition) is 0. The summed E-state index contributed by atoms with van der Waals surface area (Å²) in [6, 6.07) is 3.76. The van der Waals surface area contributed by atoms with Gasteiger partial charge in [0.15, 0.2) is 0 Å². The molecule has 0 aliphatic rings. The molecule has 4 heteroatoms. The van der Waals surface area contributed by atoms with Crippen LogP contribution in [0.2, 0.25) is 0 Å². The molecule has 0 aromatic carbocycles. The Labute approximate surface area is 108 Å². The molecule has 0 radical (unpaired) electrons. The van der Waals surface area contributed by atoms with E-state index in [-0.39, 0.29) is 11.1 Å².